The third kappa shape index (κ3) is 5.19. The lowest BCUT2D eigenvalue weighted by Gasteiger charge is -2.41. The zero-order valence-electron chi connectivity index (χ0n) is 15.1. The maximum absolute atomic E-state index is 12.5. The van der Waals surface area contributed by atoms with Crippen molar-refractivity contribution in [2.75, 3.05) is 33.3 Å². The van der Waals surface area contributed by atoms with Crippen LogP contribution in [0.2, 0.25) is 5.02 Å². The van der Waals surface area contributed by atoms with Crippen LogP contribution < -0.4 is 0 Å². The Hall–Kier alpha value is -1.10. The van der Waals surface area contributed by atoms with Crippen molar-refractivity contribution in [3.05, 3.63) is 34.9 Å². The highest BCUT2D eigenvalue weighted by atomic mass is 35.5. The summed E-state index contributed by atoms with van der Waals surface area (Å²) in [6, 6.07) is 8.43. The van der Waals surface area contributed by atoms with Crippen LogP contribution in [-0.4, -0.2) is 61.1 Å². The second kappa shape index (κ2) is 9.02. The van der Waals surface area contributed by atoms with Crippen molar-refractivity contribution >= 4 is 17.5 Å². The van der Waals surface area contributed by atoms with Crippen LogP contribution in [0.5, 0.6) is 0 Å². The molecule has 25 heavy (non-hydrogen) atoms. The number of rotatable bonds is 5. The molecular weight excluding hydrogens is 336 g/mol. The lowest BCUT2D eigenvalue weighted by molar-refractivity contribution is -0.132. The highest BCUT2D eigenvalue weighted by Crippen LogP contribution is 2.22. The van der Waals surface area contributed by atoms with Gasteiger partial charge in [-0.15, -0.1) is 0 Å². The minimum atomic E-state index is 0.275. The lowest BCUT2D eigenvalue weighted by atomic mass is 9.98. The van der Waals surface area contributed by atoms with Gasteiger partial charge in [-0.25, -0.2) is 0 Å². The highest BCUT2D eigenvalue weighted by molar-refractivity contribution is 6.30. The van der Waals surface area contributed by atoms with Crippen LogP contribution in [0.4, 0.5) is 0 Å². The number of carbonyl (C=O) groups excluding carboxylic acids is 1. The number of piperidine rings is 2. The van der Waals surface area contributed by atoms with E-state index in [0.717, 1.165) is 68.9 Å². The van der Waals surface area contributed by atoms with E-state index in [-0.39, 0.29) is 5.91 Å². The second-order valence-electron chi connectivity index (χ2n) is 7.21. The number of methoxy groups -OCH3 is 1. The van der Waals surface area contributed by atoms with E-state index in [1.807, 2.05) is 36.3 Å². The zero-order chi connectivity index (χ0) is 17.6. The standard InChI is InChI=1S/C20H29ClN2O2/c1-25-19-9-13-22(14-10-19)18-7-11-23(12-8-18)20(24)6-5-16-3-2-4-17(21)15-16/h2-4,15,18-19H,5-14H2,1H3. The van der Waals surface area contributed by atoms with Gasteiger partial charge in [-0.05, 0) is 49.8 Å². The predicted molar refractivity (Wildman–Crippen MR) is 101 cm³/mol. The molecule has 0 aromatic heterocycles. The summed E-state index contributed by atoms with van der Waals surface area (Å²) in [5, 5.41) is 0.739. The number of ether oxygens (including phenoxy) is 1. The number of carbonyl (C=O) groups is 1. The molecule has 0 saturated carbocycles. The van der Waals surface area contributed by atoms with Gasteiger partial charge in [-0.3, -0.25) is 4.79 Å². The van der Waals surface area contributed by atoms with Crippen molar-refractivity contribution < 1.29 is 9.53 Å². The van der Waals surface area contributed by atoms with Crippen LogP contribution in [-0.2, 0) is 16.0 Å². The average molecular weight is 365 g/mol. The average Bonchev–Trinajstić information content (AvgIpc) is 2.66. The first-order valence-corrected chi connectivity index (χ1v) is 9.82. The molecule has 3 rings (SSSR count). The van der Waals surface area contributed by atoms with Gasteiger partial charge in [0.2, 0.25) is 5.91 Å². The molecular formula is C20H29ClN2O2. The maximum atomic E-state index is 12.5. The van der Waals surface area contributed by atoms with Gasteiger partial charge >= 0.3 is 0 Å². The first-order valence-electron chi connectivity index (χ1n) is 9.45. The van der Waals surface area contributed by atoms with Gasteiger partial charge in [-0.2, -0.15) is 0 Å². The highest BCUT2D eigenvalue weighted by Gasteiger charge is 2.29. The van der Waals surface area contributed by atoms with E-state index in [1.54, 1.807) is 0 Å². The number of hydrogen-bond donors (Lipinski definition) is 0. The zero-order valence-corrected chi connectivity index (χ0v) is 15.9. The Bertz CT molecular complexity index is 565. The van der Waals surface area contributed by atoms with Crippen molar-refractivity contribution in [2.45, 2.75) is 50.7 Å². The number of aryl methyl sites for hydroxylation is 1. The van der Waals surface area contributed by atoms with Crippen molar-refractivity contribution in [1.82, 2.24) is 9.80 Å². The first kappa shape index (κ1) is 18.7. The fourth-order valence-corrected chi connectivity index (χ4v) is 4.27. The second-order valence-corrected chi connectivity index (χ2v) is 7.65. The van der Waals surface area contributed by atoms with E-state index < -0.39 is 0 Å². The molecule has 0 aliphatic carbocycles. The van der Waals surface area contributed by atoms with E-state index in [0.29, 0.717) is 18.6 Å². The minimum Gasteiger partial charge on any atom is -0.381 e. The summed E-state index contributed by atoms with van der Waals surface area (Å²) in [5.74, 6) is 0.275. The van der Waals surface area contributed by atoms with Crippen LogP contribution in [0.15, 0.2) is 24.3 Å². The molecule has 0 bridgehead atoms. The molecule has 2 heterocycles. The number of hydrogen-bond acceptors (Lipinski definition) is 3. The Labute approximate surface area is 156 Å². The third-order valence-corrected chi connectivity index (χ3v) is 5.90. The molecule has 1 amide bonds. The molecule has 2 saturated heterocycles. The molecule has 2 fully saturated rings. The molecule has 5 heteroatoms. The minimum absolute atomic E-state index is 0.275. The summed E-state index contributed by atoms with van der Waals surface area (Å²) < 4.78 is 5.46. The summed E-state index contributed by atoms with van der Waals surface area (Å²) in [4.78, 5) is 17.1. The molecule has 138 valence electrons. The molecule has 0 N–H and O–H groups in total. The summed E-state index contributed by atoms with van der Waals surface area (Å²) in [6.07, 6.45) is 6.24. The fraction of sp³-hybridized carbons (Fsp3) is 0.650. The largest absolute Gasteiger partial charge is 0.381 e. The quantitative estimate of drug-likeness (QED) is 0.803. The molecule has 0 spiro atoms. The van der Waals surface area contributed by atoms with Crippen molar-refractivity contribution in [3.8, 4) is 0 Å². The lowest BCUT2D eigenvalue weighted by Crippen LogP contribution is -2.49. The Balaban J connectivity index is 1.40. The van der Waals surface area contributed by atoms with E-state index in [4.69, 9.17) is 16.3 Å². The molecule has 0 unspecified atom stereocenters. The summed E-state index contributed by atoms with van der Waals surface area (Å²) in [5.41, 5.74) is 1.14. The van der Waals surface area contributed by atoms with E-state index in [9.17, 15) is 4.79 Å². The molecule has 1 aromatic rings. The predicted octanol–water partition coefficient (Wildman–Crippen LogP) is 3.37. The molecule has 0 radical (unpaired) electrons. The van der Waals surface area contributed by atoms with Crippen LogP contribution in [0.1, 0.15) is 37.7 Å². The molecule has 2 aliphatic rings. The van der Waals surface area contributed by atoms with Gasteiger partial charge in [-0.1, -0.05) is 23.7 Å². The van der Waals surface area contributed by atoms with E-state index in [2.05, 4.69) is 4.90 Å². The smallest absolute Gasteiger partial charge is 0.222 e. The van der Waals surface area contributed by atoms with Crippen molar-refractivity contribution in [3.63, 3.8) is 0 Å². The molecule has 0 atom stereocenters. The van der Waals surface area contributed by atoms with Crippen LogP contribution in [0, 0.1) is 0 Å². The monoisotopic (exact) mass is 364 g/mol. The summed E-state index contributed by atoms with van der Waals surface area (Å²) in [7, 11) is 1.81. The van der Waals surface area contributed by atoms with Crippen molar-refractivity contribution in [2.24, 2.45) is 0 Å². The van der Waals surface area contributed by atoms with E-state index in [1.165, 1.54) is 0 Å². The fourth-order valence-electron chi connectivity index (χ4n) is 4.06. The van der Waals surface area contributed by atoms with Gasteiger partial charge in [0.05, 0.1) is 6.10 Å². The number of halogens is 1. The normalized spacial score (nSPS) is 20.8. The van der Waals surface area contributed by atoms with Gasteiger partial charge in [0, 0.05) is 50.8 Å². The number of benzene rings is 1. The SMILES string of the molecule is COC1CCN(C2CCN(C(=O)CCc3cccc(Cl)c3)CC2)CC1. The van der Waals surface area contributed by atoms with Crippen LogP contribution >= 0.6 is 11.6 Å². The van der Waals surface area contributed by atoms with E-state index >= 15 is 0 Å². The molecule has 1 aromatic carbocycles. The van der Waals surface area contributed by atoms with Gasteiger partial charge in [0.1, 0.15) is 0 Å². The Kier molecular flexibility index (Phi) is 6.74. The molecule has 2 aliphatic heterocycles. The third-order valence-electron chi connectivity index (χ3n) is 5.66. The maximum Gasteiger partial charge on any atom is 0.222 e. The van der Waals surface area contributed by atoms with Gasteiger partial charge < -0.3 is 14.5 Å². The van der Waals surface area contributed by atoms with Gasteiger partial charge in [0.15, 0.2) is 0 Å². The summed E-state index contributed by atoms with van der Waals surface area (Å²) >= 11 is 6.01. The Morgan fingerprint density at radius 2 is 1.88 bits per heavy atom. The molecule has 4 nitrogen and oxygen atoms in total. The van der Waals surface area contributed by atoms with Crippen LogP contribution in [0.3, 0.4) is 0 Å². The van der Waals surface area contributed by atoms with Crippen LogP contribution in [0.25, 0.3) is 0 Å². The number of amides is 1. The van der Waals surface area contributed by atoms with Gasteiger partial charge in [0.25, 0.3) is 0 Å². The Morgan fingerprint density at radius 1 is 1.16 bits per heavy atom. The van der Waals surface area contributed by atoms with Crippen molar-refractivity contribution in [1.29, 1.82) is 0 Å². The Morgan fingerprint density at radius 3 is 2.52 bits per heavy atom. The summed E-state index contributed by atoms with van der Waals surface area (Å²) in [6.45, 7) is 4.05. The topological polar surface area (TPSA) is 32.8 Å². The number of nitrogens with zero attached hydrogens (tertiary/aromatic N) is 2. The number of likely N-dealkylation sites (tertiary alicyclic amines) is 2. The first-order chi connectivity index (χ1) is 12.2.